The fraction of sp³-hybridized carbons (Fsp3) is 0.378. The van der Waals surface area contributed by atoms with Crippen LogP contribution in [0.3, 0.4) is 0 Å². The van der Waals surface area contributed by atoms with Gasteiger partial charge >= 0.3 is 5.97 Å². The van der Waals surface area contributed by atoms with E-state index in [9.17, 15) is 29.1 Å². The molecule has 0 unspecified atom stereocenters. The molecule has 3 amide bonds. The molecule has 0 aliphatic carbocycles. The Morgan fingerprint density at radius 3 is 2.12 bits per heavy atom. The SMILES string of the molecule is CCCCC1(CCCC)C(=O)Sc2cc(OCC(=O)N[C@@H](C(=O)N[C@@H](C)C(=O)O)c3ccccc3)c(SC)cc2N(c2ccccc2)C1=O. The molecule has 2 atom stereocenters. The highest BCUT2D eigenvalue weighted by Crippen LogP contribution is 2.51. The Balaban J connectivity index is 1.67. The largest absolute Gasteiger partial charge is 0.483 e. The summed E-state index contributed by atoms with van der Waals surface area (Å²) in [5.74, 6) is -2.40. The van der Waals surface area contributed by atoms with Gasteiger partial charge in [-0.25, -0.2) is 0 Å². The molecular weight excluding hydrogens is 663 g/mol. The van der Waals surface area contributed by atoms with Gasteiger partial charge in [0.15, 0.2) is 6.61 Å². The molecule has 1 aliphatic rings. The summed E-state index contributed by atoms with van der Waals surface area (Å²) >= 11 is 2.41. The molecule has 0 fully saturated rings. The number of hydrogen-bond donors (Lipinski definition) is 3. The zero-order valence-electron chi connectivity index (χ0n) is 28.2. The number of rotatable bonds is 16. The number of fused-ring (bicyclic) bond motifs is 1. The first-order valence-electron chi connectivity index (χ1n) is 16.4. The van der Waals surface area contributed by atoms with Crippen LogP contribution >= 0.6 is 23.5 Å². The molecule has 3 aromatic rings. The summed E-state index contributed by atoms with van der Waals surface area (Å²) in [4.78, 5) is 69.4. The third-order valence-corrected chi connectivity index (χ3v) is 10.3. The number of aliphatic carboxylic acids is 1. The van der Waals surface area contributed by atoms with Crippen LogP contribution < -0.4 is 20.3 Å². The van der Waals surface area contributed by atoms with Crippen LogP contribution in [-0.4, -0.2) is 52.8 Å². The van der Waals surface area contributed by atoms with Gasteiger partial charge in [-0.1, -0.05) is 88.1 Å². The maximum absolute atomic E-state index is 14.7. The topological polar surface area (TPSA) is 142 Å². The predicted octanol–water partition coefficient (Wildman–Crippen LogP) is 6.90. The van der Waals surface area contributed by atoms with Crippen molar-refractivity contribution < 1.29 is 33.8 Å². The number of ether oxygens (including phenoxy) is 1. The number of hydrogen-bond acceptors (Lipinski definition) is 8. The Hall–Kier alpha value is -4.29. The third kappa shape index (κ3) is 8.85. The van der Waals surface area contributed by atoms with Gasteiger partial charge in [0.25, 0.3) is 5.91 Å². The molecule has 49 heavy (non-hydrogen) atoms. The number of carboxylic acids is 1. The van der Waals surface area contributed by atoms with Crippen molar-refractivity contribution in [2.75, 3.05) is 17.8 Å². The molecule has 0 spiro atoms. The van der Waals surface area contributed by atoms with E-state index in [1.165, 1.54) is 18.7 Å². The smallest absolute Gasteiger partial charge is 0.325 e. The number of thioether (sulfide) groups is 2. The fourth-order valence-corrected chi connectivity index (χ4v) is 7.31. The van der Waals surface area contributed by atoms with E-state index in [0.717, 1.165) is 37.4 Å². The highest BCUT2D eigenvalue weighted by atomic mass is 32.2. The number of carbonyl (C=O) groups is 5. The van der Waals surface area contributed by atoms with Gasteiger partial charge in [0.2, 0.25) is 16.9 Å². The third-order valence-electron chi connectivity index (χ3n) is 8.41. The van der Waals surface area contributed by atoms with Crippen LogP contribution in [0.25, 0.3) is 0 Å². The van der Waals surface area contributed by atoms with Gasteiger partial charge in [0, 0.05) is 10.6 Å². The van der Waals surface area contributed by atoms with Crippen LogP contribution in [0.1, 0.15) is 70.9 Å². The number of unbranched alkanes of at least 4 members (excludes halogenated alkanes) is 2. The highest BCUT2D eigenvalue weighted by Gasteiger charge is 2.50. The van der Waals surface area contributed by atoms with Gasteiger partial charge in [-0.15, -0.1) is 11.8 Å². The molecular formula is C37H43N3O7S2. The van der Waals surface area contributed by atoms with Crippen LogP contribution in [0.5, 0.6) is 5.75 Å². The monoisotopic (exact) mass is 705 g/mol. The Bertz CT molecular complexity index is 1640. The Labute approximate surface area is 295 Å². The van der Waals surface area contributed by atoms with Crippen molar-refractivity contribution in [1.29, 1.82) is 0 Å². The standard InChI is InChI=1S/C37H43N3O7S2/c1-5-7-19-37(20-8-6-2)35(45)40(26-17-13-10-14-18-26)27-21-30(48-4)28(22-29(27)49-36(37)46)47-23-31(41)39-32(25-15-11-9-12-16-25)33(42)38-24(3)34(43)44/h9-18,21-22,24,32H,5-8,19-20,23H2,1-4H3,(H,38,42)(H,39,41)(H,43,44)/t24-,32+/m0/s1. The van der Waals surface area contributed by atoms with Crippen LogP contribution in [0.2, 0.25) is 0 Å². The lowest BCUT2D eigenvalue weighted by Crippen LogP contribution is -2.46. The maximum atomic E-state index is 14.7. The minimum absolute atomic E-state index is 0.202. The number of carbonyl (C=O) groups excluding carboxylic acids is 4. The number of anilines is 2. The number of carboxylic acid groups (broad SMARTS) is 1. The molecule has 0 saturated carbocycles. The molecule has 0 radical (unpaired) electrons. The maximum Gasteiger partial charge on any atom is 0.325 e. The minimum Gasteiger partial charge on any atom is -0.483 e. The van der Waals surface area contributed by atoms with E-state index in [4.69, 9.17) is 4.74 Å². The van der Waals surface area contributed by atoms with Crippen molar-refractivity contribution in [2.24, 2.45) is 5.41 Å². The van der Waals surface area contributed by atoms with Gasteiger partial charge in [-0.3, -0.25) is 28.9 Å². The molecule has 0 bridgehead atoms. The number of benzene rings is 3. The van der Waals surface area contributed by atoms with Crippen LogP contribution in [0, 0.1) is 5.41 Å². The molecule has 1 aliphatic heterocycles. The molecule has 0 aromatic heterocycles. The summed E-state index contributed by atoms with van der Waals surface area (Å²) < 4.78 is 6.03. The van der Waals surface area contributed by atoms with Crippen molar-refractivity contribution in [1.82, 2.24) is 10.6 Å². The molecule has 4 rings (SSSR count). The first kappa shape index (κ1) is 37.5. The normalized spacial score (nSPS) is 15.1. The van der Waals surface area contributed by atoms with E-state index in [1.807, 2.05) is 56.5 Å². The second-order valence-corrected chi connectivity index (χ2v) is 13.8. The van der Waals surface area contributed by atoms with Gasteiger partial charge in [0.05, 0.1) is 10.6 Å². The number of amides is 3. The minimum atomic E-state index is -1.21. The van der Waals surface area contributed by atoms with Crippen LogP contribution in [0.15, 0.2) is 82.6 Å². The van der Waals surface area contributed by atoms with E-state index in [1.54, 1.807) is 41.3 Å². The van der Waals surface area contributed by atoms with E-state index in [0.29, 0.717) is 45.3 Å². The van der Waals surface area contributed by atoms with Gasteiger partial charge in [-0.2, -0.15) is 0 Å². The average Bonchev–Trinajstić information content (AvgIpc) is 3.19. The van der Waals surface area contributed by atoms with Crippen molar-refractivity contribution in [3.63, 3.8) is 0 Å². The summed E-state index contributed by atoms with van der Waals surface area (Å²) in [5.41, 5.74) is 0.496. The van der Waals surface area contributed by atoms with Crippen molar-refractivity contribution >= 4 is 63.7 Å². The highest BCUT2D eigenvalue weighted by molar-refractivity contribution is 8.14. The van der Waals surface area contributed by atoms with Gasteiger partial charge < -0.3 is 20.5 Å². The molecule has 0 saturated heterocycles. The first-order chi connectivity index (χ1) is 23.6. The Kier molecular flexibility index (Phi) is 13.3. The lowest BCUT2D eigenvalue weighted by Gasteiger charge is -2.34. The fourth-order valence-electron chi connectivity index (χ4n) is 5.65. The van der Waals surface area contributed by atoms with E-state index < -0.39 is 41.9 Å². The summed E-state index contributed by atoms with van der Waals surface area (Å²) in [6.45, 7) is 4.97. The number of nitrogens with one attached hydrogen (secondary N) is 2. The summed E-state index contributed by atoms with van der Waals surface area (Å²) in [6.07, 6.45) is 5.91. The first-order valence-corrected chi connectivity index (χ1v) is 18.4. The zero-order valence-corrected chi connectivity index (χ0v) is 29.8. The van der Waals surface area contributed by atoms with Crippen molar-refractivity contribution in [3.05, 3.63) is 78.4 Å². The summed E-state index contributed by atoms with van der Waals surface area (Å²) in [6, 6.07) is 19.0. The summed E-state index contributed by atoms with van der Waals surface area (Å²) in [7, 11) is 0. The Morgan fingerprint density at radius 1 is 0.939 bits per heavy atom. The zero-order chi connectivity index (χ0) is 35.6. The predicted molar refractivity (Wildman–Crippen MR) is 192 cm³/mol. The van der Waals surface area contributed by atoms with E-state index in [-0.39, 0.29) is 11.0 Å². The Morgan fingerprint density at radius 2 is 1.55 bits per heavy atom. The second-order valence-electron chi connectivity index (χ2n) is 11.9. The lowest BCUT2D eigenvalue weighted by atomic mass is 9.77. The van der Waals surface area contributed by atoms with E-state index >= 15 is 0 Å². The van der Waals surface area contributed by atoms with Gasteiger partial charge in [-0.05, 0) is 67.6 Å². The molecule has 3 aromatic carbocycles. The quantitative estimate of drug-likeness (QED) is 0.107. The molecule has 3 N–H and O–H groups in total. The van der Waals surface area contributed by atoms with Gasteiger partial charge in [0.1, 0.15) is 23.2 Å². The molecule has 1 heterocycles. The second kappa shape index (κ2) is 17.4. The average molecular weight is 706 g/mol. The number of nitrogens with zero attached hydrogens (tertiary/aromatic N) is 1. The molecule has 12 heteroatoms. The number of para-hydroxylation sites is 1. The van der Waals surface area contributed by atoms with Crippen molar-refractivity contribution in [3.8, 4) is 5.75 Å². The summed E-state index contributed by atoms with van der Waals surface area (Å²) in [5, 5.41) is 14.1. The van der Waals surface area contributed by atoms with Crippen molar-refractivity contribution in [2.45, 2.75) is 81.2 Å². The van der Waals surface area contributed by atoms with E-state index in [2.05, 4.69) is 10.6 Å². The van der Waals surface area contributed by atoms with Crippen LogP contribution in [0.4, 0.5) is 11.4 Å². The molecule has 10 nitrogen and oxygen atoms in total. The molecule has 260 valence electrons. The lowest BCUT2D eigenvalue weighted by molar-refractivity contribution is -0.141. The van der Waals surface area contributed by atoms with Crippen LogP contribution in [-0.2, 0) is 24.0 Å².